The number of carbonyl (C=O) groups is 1. The molecule has 8 heteroatoms. The Kier molecular flexibility index (Phi) is 12.7. The van der Waals surface area contributed by atoms with E-state index in [0.717, 1.165) is 16.9 Å². The van der Waals surface area contributed by atoms with Crippen LogP contribution >= 0.6 is 22.6 Å². The van der Waals surface area contributed by atoms with Crippen molar-refractivity contribution in [1.82, 2.24) is 0 Å². The van der Waals surface area contributed by atoms with Gasteiger partial charge in [0, 0.05) is 11.5 Å². The molecule has 1 heterocycles. The SMILES string of the molecule is C=C[C@@H](C)[C@H](OC(=O)CC(CC[C@@]1(C)OC(c2ccc(OC)cc2)O[C@H]1C=C)O[Si](C)(C)C(C)(C)C)/C(C)=C/I. The first-order valence-corrected chi connectivity index (χ1v) is 18.1. The van der Waals surface area contributed by atoms with Crippen LogP contribution in [0.4, 0.5) is 0 Å². The van der Waals surface area contributed by atoms with Crippen molar-refractivity contribution in [1.29, 1.82) is 0 Å². The third kappa shape index (κ3) is 9.02. The van der Waals surface area contributed by atoms with E-state index in [1.807, 2.05) is 55.2 Å². The molecule has 0 bridgehead atoms. The molecule has 0 aromatic heterocycles. The number of rotatable bonds is 14. The zero-order valence-corrected chi connectivity index (χ0v) is 28.9. The first-order chi connectivity index (χ1) is 18.6. The number of methoxy groups -OCH3 is 1. The molecule has 0 radical (unpaired) electrons. The zero-order chi connectivity index (χ0) is 30.3. The van der Waals surface area contributed by atoms with Crippen LogP contribution in [-0.2, 0) is 23.4 Å². The third-order valence-corrected chi connectivity index (χ3v) is 13.7. The minimum atomic E-state index is -2.17. The van der Waals surface area contributed by atoms with E-state index in [2.05, 4.69) is 69.6 Å². The summed E-state index contributed by atoms with van der Waals surface area (Å²) in [6, 6.07) is 7.68. The smallest absolute Gasteiger partial charge is 0.308 e. The summed E-state index contributed by atoms with van der Waals surface area (Å²) in [5.74, 6) is 0.502. The fraction of sp³-hybridized carbons (Fsp3) is 0.594. The van der Waals surface area contributed by atoms with Crippen molar-refractivity contribution in [3.63, 3.8) is 0 Å². The normalized spacial score (nSPS) is 24.2. The second-order valence-corrected chi connectivity index (χ2v) is 17.8. The molecule has 1 aliphatic heterocycles. The molecule has 1 saturated heterocycles. The Balaban J connectivity index is 2.23. The Morgan fingerprint density at radius 1 is 1.23 bits per heavy atom. The van der Waals surface area contributed by atoms with Crippen molar-refractivity contribution in [2.45, 2.75) is 109 Å². The first kappa shape index (κ1) is 34.7. The molecule has 1 fully saturated rings. The van der Waals surface area contributed by atoms with Gasteiger partial charge in [0.2, 0.25) is 0 Å². The number of esters is 1. The number of benzene rings is 1. The van der Waals surface area contributed by atoms with Gasteiger partial charge >= 0.3 is 5.97 Å². The van der Waals surface area contributed by atoms with Crippen molar-refractivity contribution in [2.24, 2.45) is 5.92 Å². The Morgan fingerprint density at radius 2 is 1.85 bits per heavy atom. The summed E-state index contributed by atoms with van der Waals surface area (Å²) in [6.07, 6.45) is 3.52. The molecule has 1 aromatic carbocycles. The summed E-state index contributed by atoms with van der Waals surface area (Å²) in [6.45, 7) is 24.9. The molecule has 6 nitrogen and oxygen atoms in total. The average Bonchev–Trinajstić information content (AvgIpc) is 3.25. The maximum absolute atomic E-state index is 13.3. The van der Waals surface area contributed by atoms with E-state index in [1.165, 1.54) is 0 Å². The minimum absolute atomic E-state index is 0.000844. The lowest BCUT2D eigenvalue weighted by atomic mass is 9.91. The van der Waals surface area contributed by atoms with E-state index in [1.54, 1.807) is 13.2 Å². The molecule has 0 saturated carbocycles. The van der Waals surface area contributed by atoms with Gasteiger partial charge in [-0.1, -0.05) is 74.6 Å². The first-order valence-electron chi connectivity index (χ1n) is 14.0. The molecule has 1 aromatic rings. The highest BCUT2D eigenvalue weighted by atomic mass is 127. The Bertz CT molecular complexity index is 1030. The highest BCUT2D eigenvalue weighted by Crippen LogP contribution is 2.43. The van der Waals surface area contributed by atoms with Crippen LogP contribution in [0.5, 0.6) is 5.75 Å². The number of halogens is 1. The minimum Gasteiger partial charge on any atom is -0.497 e. The summed E-state index contributed by atoms with van der Waals surface area (Å²) < 4.78 is 32.8. The maximum Gasteiger partial charge on any atom is 0.308 e. The van der Waals surface area contributed by atoms with E-state index in [0.29, 0.717) is 12.8 Å². The quantitative estimate of drug-likeness (QED) is 0.0846. The molecule has 0 spiro atoms. The molecular formula is C32H49IO6Si. The molecule has 0 aliphatic carbocycles. The van der Waals surface area contributed by atoms with E-state index < -0.39 is 20.2 Å². The van der Waals surface area contributed by atoms with E-state index in [9.17, 15) is 4.79 Å². The Morgan fingerprint density at radius 3 is 2.35 bits per heavy atom. The molecule has 2 unspecified atom stereocenters. The zero-order valence-electron chi connectivity index (χ0n) is 25.8. The fourth-order valence-electron chi connectivity index (χ4n) is 4.45. The molecule has 40 heavy (non-hydrogen) atoms. The van der Waals surface area contributed by atoms with Gasteiger partial charge in [-0.3, -0.25) is 4.79 Å². The summed E-state index contributed by atoms with van der Waals surface area (Å²) in [5, 5.41) is -0.00440. The van der Waals surface area contributed by atoms with Gasteiger partial charge in [0.05, 0.1) is 25.2 Å². The van der Waals surface area contributed by atoms with Crippen LogP contribution in [0.1, 0.15) is 72.7 Å². The standard InChI is InChI=1S/C32H49IO6Si/c1-12-22(3)29(23(4)21-33)37-28(34)20-26(39-40(10,11)31(5,6)7)18-19-32(8)27(13-2)36-30(38-32)24-14-16-25(35-9)17-15-24/h12-17,21-22,26-27,29-30H,1-2,18-20H2,3-11H3/b23-21+/t22-,26?,27+,29+,30?,32-/m1/s1. The van der Waals surface area contributed by atoms with Crippen LogP contribution in [0.15, 0.2) is 59.2 Å². The fourth-order valence-corrected chi connectivity index (χ4v) is 6.19. The number of carbonyl (C=O) groups excluding carboxylic acids is 1. The molecule has 224 valence electrons. The van der Waals surface area contributed by atoms with Gasteiger partial charge in [0.1, 0.15) is 18.0 Å². The maximum atomic E-state index is 13.3. The second kappa shape index (κ2) is 14.6. The Hall–Kier alpha value is -1.46. The van der Waals surface area contributed by atoms with Crippen LogP contribution in [0.3, 0.4) is 0 Å². The second-order valence-electron chi connectivity index (χ2n) is 12.4. The molecule has 1 aliphatic rings. The topological polar surface area (TPSA) is 63.2 Å². The van der Waals surface area contributed by atoms with Crippen molar-refractivity contribution in [3.8, 4) is 5.75 Å². The van der Waals surface area contributed by atoms with Crippen LogP contribution in [0, 0.1) is 5.92 Å². The van der Waals surface area contributed by atoms with Crippen molar-refractivity contribution in [2.75, 3.05) is 7.11 Å². The van der Waals surface area contributed by atoms with Crippen molar-refractivity contribution in [3.05, 3.63) is 64.8 Å². The molecule has 6 atom stereocenters. The Labute approximate surface area is 256 Å². The summed E-state index contributed by atoms with van der Waals surface area (Å²) in [7, 11) is -0.534. The lowest BCUT2D eigenvalue weighted by Gasteiger charge is -2.40. The van der Waals surface area contributed by atoms with Gasteiger partial charge < -0.3 is 23.4 Å². The van der Waals surface area contributed by atoms with E-state index >= 15 is 0 Å². The highest BCUT2D eigenvalue weighted by molar-refractivity contribution is 14.1. The van der Waals surface area contributed by atoms with E-state index in [-0.39, 0.29) is 41.7 Å². The predicted molar refractivity (Wildman–Crippen MR) is 173 cm³/mol. The monoisotopic (exact) mass is 684 g/mol. The van der Waals surface area contributed by atoms with Crippen LogP contribution in [0.2, 0.25) is 18.1 Å². The predicted octanol–water partition coefficient (Wildman–Crippen LogP) is 8.69. The van der Waals surface area contributed by atoms with Crippen molar-refractivity contribution >= 4 is 36.9 Å². The molecule has 0 amide bonds. The van der Waals surface area contributed by atoms with Gasteiger partial charge in [-0.2, -0.15) is 0 Å². The number of hydrogen-bond donors (Lipinski definition) is 0. The van der Waals surface area contributed by atoms with Crippen molar-refractivity contribution < 1.29 is 28.2 Å². The van der Waals surface area contributed by atoms with E-state index in [4.69, 9.17) is 23.4 Å². The van der Waals surface area contributed by atoms with Gasteiger partial charge in [-0.15, -0.1) is 13.2 Å². The largest absolute Gasteiger partial charge is 0.497 e. The summed E-state index contributed by atoms with van der Waals surface area (Å²) in [5.41, 5.74) is 1.27. The average molecular weight is 685 g/mol. The van der Waals surface area contributed by atoms with Gasteiger partial charge in [0.15, 0.2) is 14.6 Å². The molecule has 0 N–H and O–H groups in total. The molecule has 2 rings (SSSR count). The van der Waals surface area contributed by atoms with Gasteiger partial charge in [0.25, 0.3) is 0 Å². The van der Waals surface area contributed by atoms with Gasteiger partial charge in [-0.25, -0.2) is 0 Å². The third-order valence-electron chi connectivity index (χ3n) is 8.20. The molecular weight excluding hydrogens is 635 g/mol. The van der Waals surface area contributed by atoms with Gasteiger partial charge in [-0.05, 0) is 66.6 Å². The number of hydrogen-bond acceptors (Lipinski definition) is 6. The van der Waals surface area contributed by atoms with Crippen LogP contribution in [0.25, 0.3) is 0 Å². The summed E-state index contributed by atoms with van der Waals surface area (Å²) in [4.78, 5) is 13.3. The number of ether oxygens (including phenoxy) is 4. The van der Waals surface area contributed by atoms with Crippen LogP contribution < -0.4 is 4.74 Å². The highest BCUT2D eigenvalue weighted by Gasteiger charge is 2.46. The lowest BCUT2D eigenvalue weighted by molar-refractivity contribution is -0.151. The summed E-state index contributed by atoms with van der Waals surface area (Å²) >= 11 is 2.18. The lowest BCUT2D eigenvalue weighted by Crippen LogP contribution is -2.45. The van der Waals surface area contributed by atoms with Crippen LogP contribution in [-0.4, -0.2) is 45.3 Å².